The summed E-state index contributed by atoms with van der Waals surface area (Å²) in [6.45, 7) is 6.07. The van der Waals surface area contributed by atoms with Gasteiger partial charge in [0.15, 0.2) is 11.9 Å². The van der Waals surface area contributed by atoms with Crippen molar-refractivity contribution in [2.24, 2.45) is 0 Å². The molecule has 0 radical (unpaired) electrons. The predicted molar refractivity (Wildman–Crippen MR) is 136 cm³/mol. The van der Waals surface area contributed by atoms with Crippen molar-refractivity contribution in [1.82, 2.24) is 4.98 Å². The van der Waals surface area contributed by atoms with Crippen LogP contribution in [0.25, 0.3) is 11.3 Å². The first-order valence-electron chi connectivity index (χ1n) is 11.9. The molecule has 0 amide bonds. The van der Waals surface area contributed by atoms with Crippen molar-refractivity contribution in [3.8, 4) is 22.8 Å². The molecule has 8 nitrogen and oxygen atoms in total. The lowest BCUT2D eigenvalue weighted by Gasteiger charge is -2.16. The molecule has 192 valence electrons. The van der Waals surface area contributed by atoms with Gasteiger partial charge in [-0.25, -0.2) is 9.59 Å². The van der Waals surface area contributed by atoms with Crippen LogP contribution in [0.15, 0.2) is 54.7 Å². The van der Waals surface area contributed by atoms with E-state index in [9.17, 15) is 14.7 Å². The van der Waals surface area contributed by atoms with E-state index < -0.39 is 18.0 Å². The Bertz CT molecular complexity index is 1130. The summed E-state index contributed by atoms with van der Waals surface area (Å²) in [5.41, 5.74) is 3.49. The zero-order valence-electron chi connectivity index (χ0n) is 21.1. The zero-order chi connectivity index (χ0) is 26.1. The van der Waals surface area contributed by atoms with Gasteiger partial charge in [-0.15, -0.1) is 0 Å². The van der Waals surface area contributed by atoms with Crippen molar-refractivity contribution in [3.05, 3.63) is 71.4 Å². The summed E-state index contributed by atoms with van der Waals surface area (Å²) < 4.78 is 21.9. The summed E-state index contributed by atoms with van der Waals surface area (Å²) in [6, 6.07) is 14.9. The molecular weight excluding hydrogens is 462 g/mol. The van der Waals surface area contributed by atoms with Gasteiger partial charge in [0.25, 0.3) is 0 Å². The van der Waals surface area contributed by atoms with E-state index in [1.807, 2.05) is 55.5 Å². The van der Waals surface area contributed by atoms with Gasteiger partial charge >= 0.3 is 11.9 Å². The number of carbonyl (C=O) groups is 2. The SMILES string of the molecule is CCOc1c[nH]c(-c2ccc(CC(OC(C)C)C(=O)O)cc2)c1C(=O)OCCc1ccc(OC)cc1. The van der Waals surface area contributed by atoms with Gasteiger partial charge in [-0.3, -0.25) is 0 Å². The zero-order valence-corrected chi connectivity index (χ0v) is 21.1. The van der Waals surface area contributed by atoms with Gasteiger partial charge in [-0.1, -0.05) is 36.4 Å². The highest BCUT2D eigenvalue weighted by molar-refractivity contribution is 5.99. The third-order valence-electron chi connectivity index (χ3n) is 5.51. The van der Waals surface area contributed by atoms with Crippen molar-refractivity contribution in [2.45, 2.75) is 45.8 Å². The molecule has 3 aromatic rings. The Balaban J connectivity index is 1.73. The number of carbonyl (C=O) groups excluding carboxylic acids is 1. The summed E-state index contributed by atoms with van der Waals surface area (Å²) in [5, 5.41) is 9.43. The molecule has 0 aliphatic rings. The maximum absolute atomic E-state index is 13.1. The van der Waals surface area contributed by atoms with Crippen LogP contribution in [0.1, 0.15) is 42.3 Å². The Morgan fingerprint density at radius 1 is 1.00 bits per heavy atom. The molecule has 0 saturated carbocycles. The molecule has 0 bridgehead atoms. The second-order valence-corrected chi connectivity index (χ2v) is 8.48. The predicted octanol–water partition coefficient (Wildman–Crippen LogP) is 4.91. The van der Waals surface area contributed by atoms with Gasteiger partial charge in [-0.05, 0) is 49.6 Å². The Morgan fingerprint density at radius 2 is 1.67 bits per heavy atom. The van der Waals surface area contributed by atoms with E-state index in [1.54, 1.807) is 27.2 Å². The number of ether oxygens (including phenoxy) is 4. The molecule has 1 unspecified atom stereocenters. The van der Waals surface area contributed by atoms with Crippen LogP contribution < -0.4 is 9.47 Å². The van der Waals surface area contributed by atoms with Crippen LogP contribution in [0.4, 0.5) is 0 Å². The minimum absolute atomic E-state index is 0.195. The maximum Gasteiger partial charge on any atom is 0.344 e. The maximum atomic E-state index is 13.1. The summed E-state index contributed by atoms with van der Waals surface area (Å²) in [5.74, 6) is -0.296. The number of benzene rings is 2. The average molecular weight is 496 g/mol. The van der Waals surface area contributed by atoms with E-state index in [-0.39, 0.29) is 19.1 Å². The van der Waals surface area contributed by atoms with Crippen LogP contribution >= 0.6 is 0 Å². The van der Waals surface area contributed by atoms with Crippen LogP contribution in [0.2, 0.25) is 0 Å². The Labute approximate surface area is 211 Å². The van der Waals surface area contributed by atoms with Gasteiger partial charge in [0.1, 0.15) is 11.3 Å². The smallest absolute Gasteiger partial charge is 0.344 e. The largest absolute Gasteiger partial charge is 0.497 e. The molecule has 2 aromatic carbocycles. The molecule has 0 aliphatic carbocycles. The Hall–Kier alpha value is -3.78. The van der Waals surface area contributed by atoms with Crippen LogP contribution in [0.5, 0.6) is 11.5 Å². The van der Waals surface area contributed by atoms with E-state index in [4.69, 9.17) is 18.9 Å². The number of carboxylic acid groups (broad SMARTS) is 1. The van der Waals surface area contributed by atoms with Crippen LogP contribution in [-0.4, -0.2) is 54.6 Å². The first-order chi connectivity index (χ1) is 17.3. The third-order valence-corrected chi connectivity index (χ3v) is 5.51. The van der Waals surface area contributed by atoms with Crippen LogP contribution in [-0.2, 0) is 27.1 Å². The molecule has 0 spiro atoms. The summed E-state index contributed by atoms with van der Waals surface area (Å²) in [4.78, 5) is 27.7. The first kappa shape index (κ1) is 26.8. The fourth-order valence-electron chi connectivity index (χ4n) is 3.77. The standard InChI is InChI=1S/C28H33NO7/c1-5-34-24-17-29-26(21-10-6-20(7-11-21)16-23(27(30)31)36-18(2)3)25(24)28(32)35-15-14-19-8-12-22(33-4)13-9-19/h6-13,17-18,23,29H,5,14-16H2,1-4H3,(H,30,31). The molecule has 1 heterocycles. The number of carboxylic acids is 1. The topological polar surface area (TPSA) is 107 Å². The van der Waals surface area contributed by atoms with Gasteiger partial charge < -0.3 is 29.0 Å². The van der Waals surface area contributed by atoms with Gasteiger partial charge in [0.05, 0.1) is 32.1 Å². The number of hydrogen-bond acceptors (Lipinski definition) is 6. The number of aromatic nitrogens is 1. The number of methoxy groups -OCH3 is 1. The average Bonchev–Trinajstić information content (AvgIpc) is 3.28. The minimum atomic E-state index is -1.00. The first-order valence-corrected chi connectivity index (χ1v) is 11.9. The van der Waals surface area contributed by atoms with Crippen molar-refractivity contribution in [3.63, 3.8) is 0 Å². The molecule has 0 fully saturated rings. The second kappa shape index (κ2) is 12.8. The number of aromatic amines is 1. The van der Waals surface area contributed by atoms with Crippen molar-refractivity contribution >= 4 is 11.9 Å². The number of hydrogen-bond donors (Lipinski definition) is 2. The summed E-state index contributed by atoms with van der Waals surface area (Å²) >= 11 is 0. The van der Waals surface area contributed by atoms with Gasteiger partial charge in [0, 0.05) is 19.0 Å². The lowest BCUT2D eigenvalue weighted by Crippen LogP contribution is -2.29. The van der Waals surface area contributed by atoms with E-state index in [0.29, 0.717) is 30.0 Å². The van der Waals surface area contributed by atoms with E-state index >= 15 is 0 Å². The molecule has 1 atom stereocenters. The summed E-state index contributed by atoms with van der Waals surface area (Å²) in [6.07, 6.45) is 1.33. The van der Waals surface area contributed by atoms with Crippen LogP contribution in [0, 0.1) is 0 Å². The second-order valence-electron chi connectivity index (χ2n) is 8.48. The number of rotatable bonds is 13. The Morgan fingerprint density at radius 3 is 2.25 bits per heavy atom. The van der Waals surface area contributed by atoms with E-state index in [2.05, 4.69) is 4.98 Å². The van der Waals surface area contributed by atoms with Gasteiger partial charge in [-0.2, -0.15) is 0 Å². The van der Waals surface area contributed by atoms with Crippen molar-refractivity contribution in [2.75, 3.05) is 20.3 Å². The highest BCUT2D eigenvalue weighted by Gasteiger charge is 2.23. The number of nitrogens with one attached hydrogen (secondary N) is 1. The quantitative estimate of drug-likeness (QED) is 0.325. The Kier molecular flexibility index (Phi) is 9.53. The fraction of sp³-hybridized carbons (Fsp3) is 0.357. The lowest BCUT2D eigenvalue weighted by molar-refractivity contribution is -0.153. The molecule has 0 aliphatic heterocycles. The lowest BCUT2D eigenvalue weighted by atomic mass is 10.0. The van der Waals surface area contributed by atoms with Crippen molar-refractivity contribution < 1.29 is 33.6 Å². The minimum Gasteiger partial charge on any atom is -0.497 e. The molecule has 36 heavy (non-hydrogen) atoms. The van der Waals surface area contributed by atoms with E-state index in [0.717, 1.165) is 22.4 Å². The molecule has 3 rings (SSSR count). The number of esters is 1. The number of aliphatic carboxylic acids is 1. The monoisotopic (exact) mass is 495 g/mol. The molecular formula is C28H33NO7. The fourth-order valence-corrected chi connectivity index (χ4v) is 3.77. The third kappa shape index (κ3) is 7.11. The molecule has 8 heteroatoms. The summed E-state index contributed by atoms with van der Waals surface area (Å²) in [7, 11) is 1.61. The highest BCUT2D eigenvalue weighted by atomic mass is 16.5. The highest BCUT2D eigenvalue weighted by Crippen LogP contribution is 2.32. The van der Waals surface area contributed by atoms with Crippen LogP contribution in [0.3, 0.4) is 0 Å². The molecule has 1 aromatic heterocycles. The van der Waals surface area contributed by atoms with Crippen molar-refractivity contribution in [1.29, 1.82) is 0 Å². The van der Waals surface area contributed by atoms with Gasteiger partial charge in [0.2, 0.25) is 0 Å². The number of H-pyrrole nitrogens is 1. The molecule has 0 saturated heterocycles. The normalized spacial score (nSPS) is 11.8. The molecule has 2 N–H and O–H groups in total. The van der Waals surface area contributed by atoms with E-state index in [1.165, 1.54) is 0 Å².